The molecule has 3 rings (SSSR count). The molecule has 1 heterocycles. The minimum Gasteiger partial charge on any atom is -0.497 e. The molecule has 6 heteroatoms. The number of hydrogen-bond acceptors (Lipinski definition) is 5. The first kappa shape index (κ1) is 19.4. The number of ether oxygens (including phenoxy) is 1. The number of hydrogen-bond donors (Lipinski definition) is 1. The highest BCUT2D eigenvalue weighted by molar-refractivity contribution is 5.76. The molecular formula is C21H29N3O3. The number of carbonyl (C=O) groups excluding carboxylic acids is 1. The van der Waals surface area contributed by atoms with E-state index < -0.39 is 0 Å². The van der Waals surface area contributed by atoms with Crippen molar-refractivity contribution in [3.05, 3.63) is 41.5 Å². The number of benzene rings is 1. The molecule has 27 heavy (non-hydrogen) atoms. The molecule has 1 atom stereocenters. The molecule has 146 valence electrons. The van der Waals surface area contributed by atoms with E-state index in [1.165, 1.54) is 0 Å². The van der Waals surface area contributed by atoms with Gasteiger partial charge < -0.3 is 14.6 Å². The van der Waals surface area contributed by atoms with Gasteiger partial charge in [0.15, 0.2) is 5.82 Å². The third-order valence-electron chi connectivity index (χ3n) is 4.82. The smallest absolute Gasteiger partial charge is 0.226 e. The van der Waals surface area contributed by atoms with Crippen LogP contribution in [0.1, 0.15) is 69.8 Å². The Morgan fingerprint density at radius 1 is 1.30 bits per heavy atom. The maximum atomic E-state index is 12.4. The van der Waals surface area contributed by atoms with Gasteiger partial charge in [-0.1, -0.05) is 38.1 Å². The molecule has 2 aromatic rings. The van der Waals surface area contributed by atoms with Crippen molar-refractivity contribution in [2.75, 3.05) is 7.11 Å². The van der Waals surface area contributed by atoms with Crippen LogP contribution in [-0.2, 0) is 16.6 Å². The van der Waals surface area contributed by atoms with Gasteiger partial charge in [-0.15, -0.1) is 0 Å². The van der Waals surface area contributed by atoms with E-state index >= 15 is 0 Å². The number of aryl methyl sites for hydroxylation is 1. The summed E-state index contributed by atoms with van der Waals surface area (Å²) in [4.78, 5) is 16.9. The highest BCUT2D eigenvalue weighted by atomic mass is 16.5. The zero-order valence-electron chi connectivity index (χ0n) is 16.6. The first-order chi connectivity index (χ1) is 12.9. The summed E-state index contributed by atoms with van der Waals surface area (Å²) in [6.45, 7) is 6.14. The van der Waals surface area contributed by atoms with E-state index in [-0.39, 0.29) is 17.4 Å². The lowest BCUT2D eigenvalue weighted by Gasteiger charge is -2.19. The average Bonchev–Trinajstić information content (AvgIpc) is 3.36. The first-order valence-electron chi connectivity index (χ1n) is 9.63. The number of aromatic nitrogens is 2. The standard InChI is InChI=1S/C21H29N3O3/c1-21(2,3)20-23-18(27-24-20)7-5-6-17(25)22-19(14-8-9-14)15-10-12-16(26-4)13-11-15/h10-14,19H,5-9H2,1-4H3,(H,22,25). The molecule has 1 fully saturated rings. The number of methoxy groups -OCH3 is 1. The predicted molar refractivity (Wildman–Crippen MR) is 103 cm³/mol. The molecule has 1 unspecified atom stereocenters. The molecule has 1 N–H and O–H groups in total. The van der Waals surface area contributed by atoms with E-state index in [0.717, 1.165) is 24.2 Å². The first-order valence-corrected chi connectivity index (χ1v) is 9.63. The molecule has 6 nitrogen and oxygen atoms in total. The normalized spacial score (nSPS) is 15.4. The summed E-state index contributed by atoms with van der Waals surface area (Å²) in [5, 5.41) is 7.22. The van der Waals surface area contributed by atoms with Crippen LogP contribution in [0.2, 0.25) is 0 Å². The summed E-state index contributed by atoms with van der Waals surface area (Å²) < 4.78 is 10.5. The van der Waals surface area contributed by atoms with Gasteiger partial charge >= 0.3 is 0 Å². The molecule has 1 aromatic carbocycles. The molecule has 0 aliphatic heterocycles. The number of rotatable bonds is 8. The van der Waals surface area contributed by atoms with Gasteiger partial charge in [-0.05, 0) is 42.9 Å². The lowest BCUT2D eigenvalue weighted by Crippen LogP contribution is -2.29. The molecular weight excluding hydrogens is 342 g/mol. The molecule has 1 amide bonds. The molecule has 0 spiro atoms. The summed E-state index contributed by atoms with van der Waals surface area (Å²) in [5.41, 5.74) is 1.01. The highest BCUT2D eigenvalue weighted by Crippen LogP contribution is 2.41. The zero-order valence-corrected chi connectivity index (χ0v) is 16.6. The van der Waals surface area contributed by atoms with Crippen molar-refractivity contribution >= 4 is 5.91 Å². The minimum absolute atomic E-state index is 0.0679. The summed E-state index contributed by atoms with van der Waals surface area (Å²) in [5.74, 6) is 2.73. The fraction of sp³-hybridized carbons (Fsp3) is 0.571. The fourth-order valence-electron chi connectivity index (χ4n) is 3.02. The Hall–Kier alpha value is -2.37. The second-order valence-corrected chi connectivity index (χ2v) is 8.27. The monoisotopic (exact) mass is 371 g/mol. The van der Waals surface area contributed by atoms with Crippen LogP contribution < -0.4 is 10.1 Å². The summed E-state index contributed by atoms with van der Waals surface area (Å²) >= 11 is 0. The number of nitrogens with one attached hydrogen (secondary N) is 1. The Morgan fingerprint density at radius 2 is 2.00 bits per heavy atom. The quantitative estimate of drug-likeness (QED) is 0.760. The number of carbonyl (C=O) groups is 1. The zero-order chi connectivity index (χ0) is 19.4. The third-order valence-corrected chi connectivity index (χ3v) is 4.82. The molecule has 0 saturated heterocycles. The van der Waals surface area contributed by atoms with Crippen molar-refractivity contribution in [1.29, 1.82) is 0 Å². The van der Waals surface area contributed by atoms with Crippen LogP contribution in [0.5, 0.6) is 5.75 Å². The largest absolute Gasteiger partial charge is 0.497 e. The summed E-state index contributed by atoms with van der Waals surface area (Å²) in [6, 6.07) is 8.04. The SMILES string of the molecule is COc1ccc(C(NC(=O)CCCc2nc(C(C)(C)C)no2)C2CC2)cc1. The Kier molecular flexibility index (Phi) is 5.82. The van der Waals surface area contributed by atoms with E-state index in [2.05, 4.69) is 15.5 Å². The van der Waals surface area contributed by atoms with E-state index in [1.807, 2.05) is 45.0 Å². The second kappa shape index (κ2) is 8.11. The molecule has 1 aliphatic rings. The van der Waals surface area contributed by atoms with Crippen LogP contribution in [-0.4, -0.2) is 23.2 Å². The van der Waals surface area contributed by atoms with Crippen molar-refractivity contribution in [3.63, 3.8) is 0 Å². The predicted octanol–water partition coefficient (Wildman–Crippen LogP) is 3.97. The van der Waals surface area contributed by atoms with Gasteiger partial charge in [-0.25, -0.2) is 0 Å². The number of amides is 1. The number of nitrogens with zero attached hydrogens (tertiary/aromatic N) is 2. The Morgan fingerprint density at radius 3 is 2.56 bits per heavy atom. The lowest BCUT2D eigenvalue weighted by molar-refractivity contribution is -0.122. The molecule has 1 aromatic heterocycles. The van der Waals surface area contributed by atoms with Gasteiger partial charge in [-0.2, -0.15) is 4.98 Å². The van der Waals surface area contributed by atoms with Gasteiger partial charge in [0.2, 0.25) is 11.8 Å². The van der Waals surface area contributed by atoms with Gasteiger partial charge in [0, 0.05) is 18.3 Å². The van der Waals surface area contributed by atoms with Crippen LogP contribution in [0.3, 0.4) is 0 Å². The van der Waals surface area contributed by atoms with Crippen LogP contribution in [0.15, 0.2) is 28.8 Å². The molecule has 1 aliphatic carbocycles. The van der Waals surface area contributed by atoms with Crippen molar-refractivity contribution in [2.24, 2.45) is 5.92 Å². The average molecular weight is 371 g/mol. The van der Waals surface area contributed by atoms with Gasteiger partial charge in [-0.3, -0.25) is 4.79 Å². The van der Waals surface area contributed by atoms with Gasteiger partial charge in [0.25, 0.3) is 0 Å². The van der Waals surface area contributed by atoms with Crippen LogP contribution in [0.4, 0.5) is 0 Å². The van der Waals surface area contributed by atoms with Crippen LogP contribution >= 0.6 is 0 Å². The maximum absolute atomic E-state index is 12.4. The van der Waals surface area contributed by atoms with E-state index in [1.54, 1.807) is 7.11 Å². The van der Waals surface area contributed by atoms with Crippen molar-refractivity contribution in [1.82, 2.24) is 15.5 Å². The third kappa shape index (κ3) is 5.31. The molecule has 0 radical (unpaired) electrons. The maximum Gasteiger partial charge on any atom is 0.226 e. The molecule has 0 bridgehead atoms. The van der Waals surface area contributed by atoms with Crippen LogP contribution in [0.25, 0.3) is 0 Å². The second-order valence-electron chi connectivity index (χ2n) is 8.27. The van der Waals surface area contributed by atoms with E-state index in [4.69, 9.17) is 9.26 Å². The Bertz CT molecular complexity index is 758. The lowest BCUT2D eigenvalue weighted by atomic mass is 9.96. The van der Waals surface area contributed by atoms with E-state index in [0.29, 0.717) is 36.9 Å². The summed E-state index contributed by atoms with van der Waals surface area (Å²) in [7, 11) is 1.66. The van der Waals surface area contributed by atoms with Crippen LogP contribution in [0, 0.1) is 5.92 Å². The fourth-order valence-corrected chi connectivity index (χ4v) is 3.02. The Labute approximate surface area is 160 Å². The highest BCUT2D eigenvalue weighted by Gasteiger charge is 2.33. The topological polar surface area (TPSA) is 77.2 Å². The van der Waals surface area contributed by atoms with Gasteiger partial charge in [0.1, 0.15) is 5.75 Å². The van der Waals surface area contributed by atoms with Crippen molar-refractivity contribution < 1.29 is 14.1 Å². The van der Waals surface area contributed by atoms with E-state index in [9.17, 15) is 4.79 Å². The van der Waals surface area contributed by atoms with Crippen molar-refractivity contribution in [2.45, 2.75) is 64.3 Å². The summed E-state index contributed by atoms with van der Waals surface area (Å²) in [6.07, 6.45) is 4.08. The minimum atomic E-state index is -0.130. The molecule has 1 saturated carbocycles. The van der Waals surface area contributed by atoms with Crippen molar-refractivity contribution in [3.8, 4) is 5.75 Å². The Balaban J connectivity index is 1.50. The van der Waals surface area contributed by atoms with Gasteiger partial charge in [0.05, 0.1) is 13.2 Å².